The van der Waals surface area contributed by atoms with E-state index >= 15 is 0 Å². The molecule has 2 unspecified atom stereocenters. The molecule has 5 atom stereocenters. The van der Waals surface area contributed by atoms with Crippen LogP contribution in [-0.4, -0.2) is 96.7 Å². The van der Waals surface area contributed by atoms with Crippen molar-refractivity contribution < 1.29 is 80.2 Å². The SMILES string of the molecule is CCCCCCCCCC(=O)OC[C@H](COP(=O)(O)OC[C@H](O)COP(=O)(O)OC[C@@H](COC(=O)CCCCCCCCCCCCCC(C)C)OC(=O)CCCCCCCCCCCCCCCCCCC(C)C)OC(=O)CCCCCCCCCCC(C)C. The summed E-state index contributed by atoms with van der Waals surface area (Å²) in [6.45, 7) is 11.8. The molecule has 0 aliphatic heterocycles. The molecule has 0 heterocycles. The Morgan fingerprint density at radius 2 is 0.505 bits per heavy atom. The van der Waals surface area contributed by atoms with E-state index in [0.717, 1.165) is 120 Å². The maximum Gasteiger partial charge on any atom is 0.472 e. The Bertz CT molecular complexity index is 1780. The predicted octanol–water partition coefficient (Wildman–Crippen LogP) is 20.6. The average Bonchev–Trinajstić information content (AvgIpc) is 3.23. The zero-order valence-corrected chi connectivity index (χ0v) is 61.1. The molecular formula is C72H140O17P2. The molecule has 91 heavy (non-hydrogen) atoms. The van der Waals surface area contributed by atoms with Gasteiger partial charge in [-0.15, -0.1) is 0 Å². The van der Waals surface area contributed by atoms with Crippen LogP contribution < -0.4 is 0 Å². The number of carbonyl (C=O) groups excluding carboxylic acids is 4. The highest BCUT2D eigenvalue weighted by atomic mass is 31.2. The Morgan fingerprint density at radius 1 is 0.297 bits per heavy atom. The number of phosphoric acid groups is 2. The van der Waals surface area contributed by atoms with Crippen LogP contribution in [0.1, 0.15) is 363 Å². The number of ether oxygens (including phenoxy) is 4. The van der Waals surface area contributed by atoms with Crippen LogP contribution in [0.5, 0.6) is 0 Å². The number of hydrogen-bond acceptors (Lipinski definition) is 15. The van der Waals surface area contributed by atoms with Crippen LogP contribution in [0.3, 0.4) is 0 Å². The second kappa shape index (κ2) is 62.8. The quantitative estimate of drug-likeness (QED) is 0.0222. The van der Waals surface area contributed by atoms with Crippen molar-refractivity contribution in [3.05, 3.63) is 0 Å². The number of rotatable bonds is 70. The molecule has 0 aliphatic carbocycles. The highest BCUT2D eigenvalue weighted by Crippen LogP contribution is 2.45. The Morgan fingerprint density at radius 3 is 0.747 bits per heavy atom. The van der Waals surface area contributed by atoms with Gasteiger partial charge in [0.1, 0.15) is 19.3 Å². The maximum absolute atomic E-state index is 13.0. The molecule has 0 aromatic heterocycles. The Hall–Kier alpha value is -1.94. The van der Waals surface area contributed by atoms with Gasteiger partial charge in [-0.1, -0.05) is 312 Å². The molecule has 19 heteroatoms. The average molecular weight is 1340 g/mol. The molecule has 0 aromatic rings. The van der Waals surface area contributed by atoms with E-state index in [1.54, 1.807) is 0 Å². The van der Waals surface area contributed by atoms with Gasteiger partial charge in [-0.05, 0) is 43.4 Å². The minimum absolute atomic E-state index is 0.104. The second-order valence-electron chi connectivity index (χ2n) is 27.4. The van der Waals surface area contributed by atoms with Gasteiger partial charge in [0.2, 0.25) is 0 Å². The summed E-state index contributed by atoms with van der Waals surface area (Å²) in [5, 5.41) is 10.6. The minimum Gasteiger partial charge on any atom is -0.462 e. The van der Waals surface area contributed by atoms with Crippen molar-refractivity contribution in [2.45, 2.75) is 381 Å². The number of phosphoric ester groups is 2. The van der Waals surface area contributed by atoms with Crippen LogP contribution in [0, 0.1) is 17.8 Å². The predicted molar refractivity (Wildman–Crippen MR) is 368 cm³/mol. The lowest BCUT2D eigenvalue weighted by molar-refractivity contribution is -0.161. The first-order valence-corrected chi connectivity index (χ1v) is 40.3. The standard InChI is InChI=1S/C72H140O17P2/c1-8-9-10-11-29-39-46-53-69(74)82-59-67(89-72(77)56-49-42-35-28-27-32-38-45-52-65(6)7)61-86-90(78,79)84-57-66(73)58-85-91(80,81)87-62-68(60-83-70(75)54-47-40-33-25-22-18-20-24-31-37-44-51-64(4)5)88-71(76)55-48-41-34-26-21-17-15-13-12-14-16-19-23-30-36-43-50-63(2)3/h63-68,73H,8-62H2,1-7H3,(H,78,79)(H,80,81)/t66-,67+,68+/m0/s1. The molecule has 3 N–H and O–H groups in total. The normalized spacial score (nSPS) is 14.2. The maximum atomic E-state index is 13.0. The van der Waals surface area contributed by atoms with Crippen LogP contribution >= 0.6 is 15.6 Å². The zero-order chi connectivity index (χ0) is 67.3. The van der Waals surface area contributed by atoms with E-state index in [0.29, 0.717) is 25.7 Å². The van der Waals surface area contributed by atoms with Crippen molar-refractivity contribution in [1.29, 1.82) is 0 Å². The molecule has 0 saturated carbocycles. The van der Waals surface area contributed by atoms with Gasteiger partial charge in [-0.25, -0.2) is 9.13 Å². The number of aliphatic hydroxyl groups is 1. The Balaban J connectivity index is 5.19. The van der Waals surface area contributed by atoms with Gasteiger partial charge in [-0.3, -0.25) is 37.3 Å². The second-order valence-corrected chi connectivity index (χ2v) is 30.3. The molecule has 0 aromatic carbocycles. The number of hydrogen-bond donors (Lipinski definition) is 3. The van der Waals surface area contributed by atoms with Crippen molar-refractivity contribution in [2.75, 3.05) is 39.6 Å². The first-order chi connectivity index (χ1) is 43.7. The van der Waals surface area contributed by atoms with E-state index in [9.17, 15) is 43.2 Å². The summed E-state index contributed by atoms with van der Waals surface area (Å²) in [5.74, 6) is 0.170. The number of aliphatic hydroxyl groups excluding tert-OH is 1. The van der Waals surface area contributed by atoms with Crippen LogP contribution in [0.25, 0.3) is 0 Å². The summed E-state index contributed by atoms with van der Waals surface area (Å²) < 4.78 is 68.2. The van der Waals surface area contributed by atoms with E-state index in [1.807, 2.05) is 0 Å². The summed E-state index contributed by atoms with van der Waals surface area (Å²) in [5.41, 5.74) is 0. The molecule has 17 nitrogen and oxygen atoms in total. The van der Waals surface area contributed by atoms with Crippen molar-refractivity contribution in [3.63, 3.8) is 0 Å². The topological polar surface area (TPSA) is 237 Å². The summed E-state index contributed by atoms with van der Waals surface area (Å²) in [6, 6.07) is 0. The van der Waals surface area contributed by atoms with E-state index in [2.05, 4.69) is 48.5 Å². The largest absolute Gasteiger partial charge is 0.472 e. The third kappa shape index (κ3) is 66.5. The van der Waals surface area contributed by atoms with Gasteiger partial charge in [0.25, 0.3) is 0 Å². The van der Waals surface area contributed by atoms with Gasteiger partial charge in [0, 0.05) is 25.7 Å². The third-order valence-electron chi connectivity index (χ3n) is 16.6. The fraction of sp³-hybridized carbons (Fsp3) is 0.944. The van der Waals surface area contributed by atoms with E-state index < -0.39 is 97.5 Å². The summed E-state index contributed by atoms with van der Waals surface area (Å²) >= 11 is 0. The van der Waals surface area contributed by atoms with E-state index in [1.165, 1.54) is 161 Å². The Labute approximate surface area is 556 Å². The molecule has 0 rings (SSSR count). The molecular weight excluding hydrogens is 1200 g/mol. The first-order valence-electron chi connectivity index (χ1n) is 37.3. The fourth-order valence-corrected chi connectivity index (χ4v) is 12.5. The molecule has 0 aliphatic rings. The molecule has 0 saturated heterocycles. The van der Waals surface area contributed by atoms with Gasteiger partial charge in [0.05, 0.1) is 26.4 Å². The third-order valence-corrected chi connectivity index (χ3v) is 18.5. The smallest absolute Gasteiger partial charge is 0.462 e. The Kier molecular flexibility index (Phi) is 61.5. The van der Waals surface area contributed by atoms with Crippen molar-refractivity contribution in [3.8, 4) is 0 Å². The molecule has 0 spiro atoms. The lowest BCUT2D eigenvalue weighted by Crippen LogP contribution is -2.30. The van der Waals surface area contributed by atoms with E-state index in [4.69, 9.17) is 37.0 Å². The lowest BCUT2D eigenvalue weighted by Gasteiger charge is -2.21. The molecule has 0 fully saturated rings. The van der Waals surface area contributed by atoms with Gasteiger partial charge >= 0.3 is 39.5 Å². The number of unbranched alkanes of at least 4 members (excludes halogenated alkanes) is 38. The van der Waals surface area contributed by atoms with Gasteiger partial charge in [0.15, 0.2) is 12.2 Å². The zero-order valence-electron chi connectivity index (χ0n) is 59.3. The van der Waals surface area contributed by atoms with Gasteiger partial charge in [-0.2, -0.15) is 0 Å². The van der Waals surface area contributed by atoms with Crippen LogP contribution in [-0.2, 0) is 65.4 Å². The van der Waals surface area contributed by atoms with Crippen LogP contribution in [0.15, 0.2) is 0 Å². The molecule has 0 radical (unpaired) electrons. The minimum atomic E-state index is -4.95. The molecule has 0 bridgehead atoms. The fourth-order valence-electron chi connectivity index (χ4n) is 10.9. The highest BCUT2D eigenvalue weighted by molar-refractivity contribution is 7.47. The molecule has 0 amide bonds. The number of carbonyl (C=O) groups is 4. The summed E-state index contributed by atoms with van der Waals surface area (Å²) in [4.78, 5) is 72.5. The monoisotopic (exact) mass is 1340 g/mol. The van der Waals surface area contributed by atoms with Crippen LogP contribution in [0.2, 0.25) is 0 Å². The van der Waals surface area contributed by atoms with Gasteiger partial charge < -0.3 is 33.8 Å². The van der Waals surface area contributed by atoms with Crippen molar-refractivity contribution in [2.24, 2.45) is 17.8 Å². The summed E-state index contributed by atoms with van der Waals surface area (Å²) in [6.07, 6.45) is 47.4. The first kappa shape index (κ1) is 89.1. The number of esters is 4. The van der Waals surface area contributed by atoms with Crippen molar-refractivity contribution >= 4 is 39.5 Å². The highest BCUT2D eigenvalue weighted by Gasteiger charge is 2.30. The van der Waals surface area contributed by atoms with Crippen LogP contribution in [0.4, 0.5) is 0 Å². The van der Waals surface area contributed by atoms with Crippen molar-refractivity contribution in [1.82, 2.24) is 0 Å². The lowest BCUT2D eigenvalue weighted by atomic mass is 10.0. The summed E-state index contributed by atoms with van der Waals surface area (Å²) in [7, 11) is -9.90. The van der Waals surface area contributed by atoms with E-state index in [-0.39, 0.29) is 25.7 Å². The molecule has 540 valence electrons.